The van der Waals surface area contributed by atoms with E-state index >= 15 is 0 Å². The number of hydrogen-bond donors (Lipinski definition) is 2. The molecule has 2 N–H and O–H groups in total. The van der Waals surface area contributed by atoms with Crippen molar-refractivity contribution in [2.24, 2.45) is 0 Å². The molecule has 0 saturated carbocycles. The first-order valence-electron chi connectivity index (χ1n) is 3.73. The van der Waals surface area contributed by atoms with Gasteiger partial charge < -0.3 is 14.9 Å². The first-order chi connectivity index (χ1) is 5.56. The molecule has 12 heavy (non-hydrogen) atoms. The monoisotopic (exact) mass is 172 g/mol. The highest BCUT2D eigenvalue weighted by atomic mass is 16.4. The summed E-state index contributed by atoms with van der Waals surface area (Å²) in [4.78, 5) is 5.35. The maximum absolute atomic E-state index is 8.60. The predicted octanol–water partition coefficient (Wildman–Crippen LogP) is -1.26. The summed E-state index contributed by atoms with van der Waals surface area (Å²) in [5.74, 6) is 0. The van der Waals surface area contributed by atoms with Crippen molar-refractivity contribution in [1.29, 1.82) is 0 Å². The summed E-state index contributed by atoms with van der Waals surface area (Å²) in [5, 5.41) is 18.6. The Labute approximate surface area is 73.1 Å². The lowest BCUT2D eigenvalue weighted by atomic mass is 9.92. The summed E-state index contributed by atoms with van der Waals surface area (Å²) in [6, 6.07) is 0. The lowest BCUT2D eigenvalue weighted by Crippen LogP contribution is -2.35. The summed E-state index contributed by atoms with van der Waals surface area (Å²) >= 11 is 0. The highest BCUT2D eigenvalue weighted by Gasteiger charge is 2.18. The Morgan fingerprint density at radius 2 is 1.92 bits per heavy atom. The number of rotatable bonds is 5. The molecule has 0 aliphatic rings. The van der Waals surface area contributed by atoms with Crippen LogP contribution in [0.1, 0.15) is 0 Å². The molecule has 0 aliphatic carbocycles. The third-order valence-electron chi connectivity index (χ3n) is 1.34. The van der Waals surface area contributed by atoms with Gasteiger partial charge in [0.1, 0.15) is 13.0 Å². The van der Waals surface area contributed by atoms with Gasteiger partial charge in [0.15, 0.2) is 0 Å². The van der Waals surface area contributed by atoms with Crippen molar-refractivity contribution in [2.75, 3.05) is 33.6 Å². The fourth-order valence-electron chi connectivity index (χ4n) is 0.700. The maximum Gasteiger partial charge on any atom is 0.479 e. The SMILES string of the molecule is C#[N+]N(CCN(C)C)CB(O)O. The molecule has 68 valence electrons. The van der Waals surface area contributed by atoms with Gasteiger partial charge in [-0.2, -0.15) is 0 Å². The minimum Gasteiger partial charge on any atom is -0.426 e. The number of hydrogen-bond acceptors (Lipinski definition) is 4. The van der Waals surface area contributed by atoms with E-state index in [2.05, 4.69) is 4.95 Å². The van der Waals surface area contributed by atoms with Crippen LogP contribution >= 0.6 is 0 Å². The maximum atomic E-state index is 8.60. The fraction of sp³-hybridized carbons (Fsp3) is 0.833. The molecule has 0 aromatic rings. The van der Waals surface area contributed by atoms with Gasteiger partial charge in [0.2, 0.25) is 0 Å². The van der Waals surface area contributed by atoms with Gasteiger partial charge in [0, 0.05) is 6.54 Å². The summed E-state index contributed by atoms with van der Waals surface area (Å²) in [6.45, 7) is 6.37. The molecule has 0 atom stereocenters. The first-order valence-corrected chi connectivity index (χ1v) is 3.73. The second-order valence-electron chi connectivity index (χ2n) is 2.81. The van der Waals surface area contributed by atoms with Gasteiger partial charge in [-0.3, -0.25) is 0 Å². The van der Waals surface area contributed by atoms with Crippen molar-refractivity contribution in [3.8, 4) is 6.57 Å². The second kappa shape index (κ2) is 5.83. The molecule has 5 nitrogen and oxygen atoms in total. The second-order valence-corrected chi connectivity index (χ2v) is 2.81. The van der Waals surface area contributed by atoms with Gasteiger partial charge in [-0.25, -0.2) is 0 Å². The molecule has 0 fully saturated rings. The van der Waals surface area contributed by atoms with Crippen LogP contribution in [0.15, 0.2) is 0 Å². The summed E-state index contributed by atoms with van der Waals surface area (Å²) in [5.41, 5.74) is 0. The van der Waals surface area contributed by atoms with Crippen LogP contribution in [0, 0.1) is 6.57 Å². The molecular formula is C6H15BN3O2+. The van der Waals surface area contributed by atoms with E-state index in [0.717, 1.165) is 6.54 Å². The van der Waals surface area contributed by atoms with Gasteiger partial charge in [0.05, 0.1) is 4.95 Å². The van der Waals surface area contributed by atoms with E-state index in [9.17, 15) is 0 Å². The lowest BCUT2D eigenvalue weighted by Gasteiger charge is -2.10. The number of nitrogens with zero attached hydrogens (tertiary/aromatic N) is 3. The third-order valence-corrected chi connectivity index (χ3v) is 1.34. The molecular weight excluding hydrogens is 157 g/mol. The molecule has 0 aliphatic heterocycles. The summed E-state index contributed by atoms with van der Waals surface area (Å²) in [7, 11) is 2.45. The first kappa shape index (κ1) is 11.2. The van der Waals surface area contributed by atoms with Crippen molar-refractivity contribution >= 4 is 7.12 Å². The third kappa shape index (κ3) is 5.98. The Morgan fingerprint density at radius 3 is 2.25 bits per heavy atom. The molecule has 0 heterocycles. The molecule has 0 bridgehead atoms. The minimum absolute atomic E-state index is 0.0460. The zero-order chi connectivity index (χ0) is 9.56. The van der Waals surface area contributed by atoms with Crippen LogP contribution in [0.25, 0.3) is 4.95 Å². The van der Waals surface area contributed by atoms with Gasteiger partial charge in [-0.05, 0) is 14.1 Å². The van der Waals surface area contributed by atoms with Crippen LogP contribution in [0.3, 0.4) is 0 Å². The Kier molecular flexibility index (Phi) is 5.46. The summed E-state index contributed by atoms with van der Waals surface area (Å²) < 4.78 is 0. The number of likely N-dealkylation sites (N-methyl/N-ethyl adjacent to an activating group) is 1. The Morgan fingerprint density at radius 1 is 1.33 bits per heavy atom. The van der Waals surface area contributed by atoms with Gasteiger partial charge in [-0.1, -0.05) is 5.01 Å². The molecule has 0 radical (unpaired) electrons. The molecule has 0 unspecified atom stereocenters. The molecule has 0 rings (SSSR count). The Bertz CT molecular complexity index is 157. The molecule has 6 heteroatoms. The molecule has 0 aromatic heterocycles. The normalized spacial score (nSPS) is 9.67. The quantitative estimate of drug-likeness (QED) is 0.401. The van der Waals surface area contributed by atoms with Crippen LogP contribution in [0.4, 0.5) is 0 Å². The largest absolute Gasteiger partial charge is 0.479 e. The molecule has 0 spiro atoms. The van der Waals surface area contributed by atoms with Gasteiger partial charge in [-0.15, -0.1) is 0 Å². The van der Waals surface area contributed by atoms with E-state index in [0.29, 0.717) is 6.54 Å². The van der Waals surface area contributed by atoms with Gasteiger partial charge in [0.25, 0.3) is 0 Å². The fourth-order valence-corrected chi connectivity index (χ4v) is 0.700. The van der Waals surface area contributed by atoms with Crippen LogP contribution < -0.4 is 0 Å². The zero-order valence-electron chi connectivity index (χ0n) is 7.51. The van der Waals surface area contributed by atoms with Gasteiger partial charge >= 0.3 is 13.7 Å². The highest BCUT2D eigenvalue weighted by Crippen LogP contribution is 1.89. The Hall–Kier alpha value is -0.765. The molecule has 0 saturated heterocycles. The topological polar surface area (TPSA) is 51.3 Å². The van der Waals surface area contributed by atoms with Crippen LogP contribution in [0.5, 0.6) is 0 Å². The van der Waals surface area contributed by atoms with E-state index < -0.39 is 7.12 Å². The van der Waals surface area contributed by atoms with E-state index in [1.54, 1.807) is 0 Å². The van der Waals surface area contributed by atoms with Crippen LogP contribution in [0.2, 0.25) is 0 Å². The molecule has 0 amide bonds. The van der Waals surface area contributed by atoms with Crippen molar-refractivity contribution in [3.63, 3.8) is 0 Å². The van der Waals surface area contributed by atoms with E-state index in [4.69, 9.17) is 16.6 Å². The van der Waals surface area contributed by atoms with E-state index in [1.165, 1.54) is 5.01 Å². The predicted molar refractivity (Wildman–Crippen MR) is 48.6 cm³/mol. The summed E-state index contributed by atoms with van der Waals surface area (Å²) in [6.07, 6.45) is 0.0460. The van der Waals surface area contributed by atoms with Crippen LogP contribution in [-0.2, 0) is 0 Å². The molecule has 0 aromatic carbocycles. The van der Waals surface area contributed by atoms with Crippen molar-refractivity contribution < 1.29 is 10.0 Å². The lowest BCUT2D eigenvalue weighted by molar-refractivity contribution is 0.301. The highest BCUT2D eigenvalue weighted by molar-refractivity contribution is 6.41. The van der Waals surface area contributed by atoms with Crippen molar-refractivity contribution in [1.82, 2.24) is 9.91 Å². The van der Waals surface area contributed by atoms with E-state index in [1.807, 2.05) is 19.0 Å². The minimum atomic E-state index is -1.39. The average Bonchev–Trinajstić information content (AvgIpc) is 1.97. The van der Waals surface area contributed by atoms with Crippen molar-refractivity contribution in [2.45, 2.75) is 0 Å². The van der Waals surface area contributed by atoms with Crippen LogP contribution in [-0.4, -0.2) is 60.7 Å². The Balaban J connectivity index is 3.63. The zero-order valence-corrected chi connectivity index (χ0v) is 7.51. The van der Waals surface area contributed by atoms with E-state index in [-0.39, 0.29) is 6.44 Å². The standard InChI is InChI=1S/C6H15BN3O2/c1-8-10(6-7(11)12)5-4-9(2)3/h1,11-12H,4-6H2,2-3H3/q+1. The smallest absolute Gasteiger partial charge is 0.426 e. The van der Waals surface area contributed by atoms with Crippen molar-refractivity contribution in [3.05, 3.63) is 4.95 Å². The average molecular weight is 172 g/mol.